The molecule has 3 heteroatoms. The van der Waals surface area contributed by atoms with Gasteiger partial charge in [0.1, 0.15) is 5.75 Å². The number of methoxy groups -OCH3 is 1. The van der Waals surface area contributed by atoms with E-state index in [1.165, 1.54) is 0 Å². The maximum Gasteiger partial charge on any atom is 0.197 e. The molecule has 0 amide bonds. The maximum atomic E-state index is 12.8. The molecule has 104 valence electrons. The van der Waals surface area contributed by atoms with Crippen LogP contribution in [0.2, 0.25) is 0 Å². The van der Waals surface area contributed by atoms with Crippen molar-refractivity contribution in [3.8, 4) is 5.75 Å². The average molecular weight is 269 g/mol. The fourth-order valence-corrected chi connectivity index (χ4v) is 2.31. The molecule has 20 heavy (non-hydrogen) atoms. The van der Waals surface area contributed by atoms with Crippen molar-refractivity contribution in [3.63, 3.8) is 0 Å². The number of benzene rings is 1. The summed E-state index contributed by atoms with van der Waals surface area (Å²) in [6, 6.07) is 5.57. The van der Waals surface area contributed by atoms with Crippen molar-refractivity contribution in [1.29, 1.82) is 0 Å². The summed E-state index contributed by atoms with van der Waals surface area (Å²) in [4.78, 5) is 16.8. The van der Waals surface area contributed by atoms with E-state index in [2.05, 4.69) is 4.98 Å². The lowest BCUT2D eigenvalue weighted by molar-refractivity contribution is 0.103. The fraction of sp³-hybridized carbons (Fsp3) is 0.294. The molecule has 0 radical (unpaired) electrons. The van der Waals surface area contributed by atoms with Crippen LogP contribution >= 0.6 is 0 Å². The van der Waals surface area contributed by atoms with Crippen molar-refractivity contribution in [2.45, 2.75) is 27.2 Å². The summed E-state index contributed by atoms with van der Waals surface area (Å²) >= 11 is 0. The van der Waals surface area contributed by atoms with Gasteiger partial charge in [0.15, 0.2) is 5.78 Å². The van der Waals surface area contributed by atoms with Crippen LogP contribution in [0.3, 0.4) is 0 Å². The molecule has 1 aromatic carbocycles. The van der Waals surface area contributed by atoms with E-state index >= 15 is 0 Å². The number of aromatic nitrogens is 1. The second-order valence-electron chi connectivity index (χ2n) is 4.80. The van der Waals surface area contributed by atoms with Gasteiger partial charge in [-0.2, -0.15) is 0 Å². The van der Waals surface area contributed by atoms with Crippen LogP contribution in [0.1, 0.15) is 39.5 Å². The number of hydrogen-bond donors (Lipinski definition) is 0. The zero-order chi connectivity index (χ0) is 14.7. The number of carbonyl (C=O) groups is 1. The van der Waals surface area contributed by atoms with Crippen molar-refractivity contribution < 1.29 is 9.53 Å². The van der Waals surface area contributed by atoms with Gasteiger partial charge in [0, 0.05) is 18.0 Å². The van der Waals surface area contributed by atoms with Gasteiger partial charge in [-0.05, 0) is 49.1 Å². The maximum absolute atomic E-state index is 12.8. The van der Waals surface area contributed by atoms with Gasteiger partial charge in [0.2, 0.25) is 0 Å². The minimum Gasteiger partial charge on any atom is -0.496 e. The van der Waals surface area contributed by atoms with Gasteiger partial charge < -0.3 is 4.74 Å². The van der Waals surface area contributed by atoms with Gasteiger partial charge in [-0.3, -0.25) is 9.78 Å². The molecule has 0 saturated heterocycles. The summed E-state index contributed by atoms with van der Waals surface area (Å²) in [6.07, 6.45) is 4.18. The monoisotopic (exact) mass is 269 g/mol. The Kier molecular flexibility index (Phi) is 4.18. The molecule has 3 nitrogen and oxygen atoms in total. The largest absolute Gasteiger partial charge is 0.496 e. The van der Waals surface area contributed by atoms with Gasteiger partial charge in [0.25, 0.3) is 0 Å². The van der Waals surface area contributed by atoms with Gasteiger partial charge >= 0.3 is 0 Å². The number of ether oxygens (including phenoxy) is 1. The average Bonchev–Trinajstić information content (AvgIpc) is 2.49. The molecule has 2 aromatic rings. The smallest absolute Gasteiger partial charge is 0.197 e. The van der Waals surface area contributed by atoms with Crippen LogP contribution in [0.4, 0.5) is 0 Å². The first kappa shape index (κ1) is 14.3. The molecule has 0 N–H and O–H groups in total. The highest BCUT2D eigenvalue weighted by molar-refractivity contribution is 6.11. The molecular weight excluding hydrogens is 250 g/mol. The molecular formula is C17H19NO2. The number of pyridine rings is 1. The Labute approximate surface area is 119 Å². The lowest BCUT2D eigenvalue weighted by Gasteiger charge is -2.14. The van der Waals surface area contributed by atoms with E-state index in [9.17, 15) is 4.79 Å². The van der Waals surface area contributed by atoms with E-state index in [0.717, 1.165) is 23.1 Å². The Balaban J connectivity index is 2.57. The zero-order valence-corrected chi connectivity index (χ0v) is 12.4. The second kappa shape index (κ2) is 5.87. The number of hydrogen-bond acceptors (Lipinski definition) is 3. The molecule has 1 aromatic heterocycles. The number of nitrogens with zero attached hydrogens (tertiary/aromatic N) is 1. The van der Waals surface area contributed by atoms with E-state index in [0.29, 0.717) is 16.9 Å². The van der Waals surface area contributed by atoms with Gasteiger partial charge in [-0.1, -0.05) is 13.0 Å². The number of aryl methyl sites for hydroxylation is 2. The predicted octanol–water partition coefficient (Wildman–Crippen LogP) is 3.50. The molecule has 0 aliphatic carbocycles. The first-order valence-corrected chi connectivity index (χ1v) is 6.71. The van der Waals surface area contributed by atoms with Crippen LogP contribution in [0, 0.1) is 13.8 Å². The molecule has 1 heterocycles. The quantitative estimate of drug-likeness (QED) is 0.797. The van der Waals surface area contributed by atoms with Crippen LogP contribution in [-0.4, -0.2) is 17.9 Å². The highest BCUT2D eigenvalue weighted by Crippen LogP contribution is 2.28. The highest BCUT2D eigenvalue weighted by Gasteiger charge is 2.19. The Bertz CT molecular complexity index is 647. The van der Waals surface area contributed by atoms with Gasteiger partial charge in [0.05, 0.1) is 12.7 Å². The number of rotatable bonds is 4. The molecule has 0 bridgehead atoms. The van der Waals surface area contributed by atoms with Crippen molar-refractivity contribution in [2.75, 3.05) is 7.11 Å². The van der Waals surface area contributed by atoms with Crippen LogP contribution in [-0.2, 0) is 6.42 Å². The Morgan fingerprint density at radius 1 is 1.20 bits per heavy atom. The van der Waals surface area contributed by atoms with E-state index in [4.69, 9.17) is 4.74 Å². The standard InChI is InChI=1S/C17H19NO2/c1-5-13-10-18-9-8-14(13)16(19)15-7-6-11(2)12(3)17(15)20-4/h6-10H,5H2,1-4H3. The first-order valence-electron chi connectivity index (χ1n) is 6.71. The molecule has 0 aliphatic heterocycles. The molecule has 0 atom stereocenters. The van der Waals surface area contributed by atoms with Crippen LogP contribution < -0.4 is 4.74 Å². The predicted molar refractivity (Wildman–Crippen MR) is 79.5 cm³/mol. The molecule has 0 aliphatic rings. The fourth-order valence-electron chi connectivity index (χ4n) is 2.31. The Morgan fingerprint density at radius 3 is 2.60 bits per heavy atom. The minimum absolute atomic E-state index is 0.01000. The summed E-state index contributed by atoms with van der Waals surface area (Å²) < 4.78 is 5.44. The van der Waals surface area contributed by atoms with Crippen molar-refractivity contribution in [2.24, 2.45) is 0 Å². The third-order valence-corrected chi connectivity index (χ3v) is 3.65. The van der Waals surface area contributed by atoms with Crippen molar-refractivity contribution >= 4 is 5.78 Å². The van der Waals surface area contributed by atoms with Crippen molar-refractivity contribution in [1.82, 2.24) is 4.98 Å². The summed E-state index contributed by atoms with van der Waals surface area (Å²) in [5, 5.41) is 0. The summed E-state index contributed by atoms with van der Waals surface area (Å²) in [7, 11) is 1.60. The van der Waals surface area contributed by atoms with Gasteiger partial charge in [-0.15, -0.1) is 0 Å². The Hall–Kier alpha value is -2.16. The van der Waals surface area contributed by atoms with Crippen LogP contribution in [0.25, 0.3) is 0 Å². The highest BCUT2D eigenvalue weighted by atomic mass is 16.5. The topological polar surface area (TPSA) is 39.2 Å². The Morgan fingerprint density at radius 2 is 1.95 bits per heavy atom. The number of ketones is 1. The normalized spacial score (nSPS) is 10.4. The lowest BCUT2D eigenvalue weighted by atomic mass is 9.95. The molecule has 0 unspecified atom stereocenters. The first-order chi connectivity index (χ1) is 9.60. The molecule has 0 fully saturated rings. The van der Waals surface area contributed by atoms with E-state index < -0.39 is 0 Å². The van der Waals surface area contributed by atoms with Crippen LogP contribution in [0.5, 0.6) is 5.75 Å². The second-order valence-corrected chi connectivity index (χ2v) is 4.80. The third-order valence-electron chi connectivity index (χ3n) is 3.65. The summed E-state index contributed by atoms with van der Waals surface area (Å²) in [5.74, 6) is 0.651. The SMILES string of the molecule is CCc1cnccc1C(=O)c1ccc(C)c(C)c1OC. The summed E-state index contributed by atoms with van der Waals surface area (Å²) in [6.45, 7) is 6.00. The third kappa shape index (κ3) is 2.44. The van der Waals surface area contributed by atoms with E-state index in [1.807, 2.05) is 32.9 Å². The minimum atomic E-state index is -0.01000. The molecule has 0 spiro atoms. The van der Waals surface area contributed by atoms with Crippen LogP contribution in [0.15, 0.2) is 30.6 Å². The lowest BCUT2D eigenvalue weighted by Crippen LogP contribution is -2.08. The number of carbonyl (C=O) groups excluding carboxylic acids is 1. The van der Waals surface area contributed by atoms with Gasteiger partial charge in [-0.25, -0.2) is 0 Å². The molecule has 0 saturated carbocycles. The zero-order valence-electron chi connectivity index (χ0n) is 12.4. The van der Waals surface area contributed by atoms with E-state index in [1.54, 1.807) is 25.6 Å². The van der Waals surface area contributed by atoms with Crippen molar-refractivity contribution in [3.05, 3.63) is 58.4 Å². The molecule has 2 rings (SSSR count). The van der Waals surface area contributed by atoms with E-state index in [-0.39, 0.29) is 5.78 Å². The summed E-state index contributed by atoms with van der Waals surface area (Å²) in [5.41, 5.74) is 4.38.